The van der Waals surface area contributed by atoms with Crippen LogP contribution in [0.15, 0.2) is 18.2 Å². The van der Waals surface area contributed by atoms with Gasteiger partial charge in [-0.1, -0.05) is 6.07 Å². The van der Waals surface area contributed by atoms with Crippen molar-refractivity contribution < 1.29 is 9.90 Å². The Morgan fingerprint density at radius 2 is 2.25 bits per heavy atom. The lowest BCUT2D eigenvalue weighted by molar-refractivity contribution is 0.0963. The Labute approximate surface area is 70.0 Å². The van der Waals surface area contributed by atoms with Crippen molar-refractivity contribution in [2.45, 2.75) is 0 Å². The fraction of sp³-hybridized carbons (Fsp3) is 0.125. The molecule has 12 heavy (non-hydrogen) atoms. The molecule has 0 aliphatic rings. The maximum absolute atomic E-state index is 11.1. The minimum absolute atomic E-state index is 0.0731. The zero-order valence-corrected chi connectivity index (χ0v) is 6.66. The number of phenolic OH excluding ortho intramolecular Hbond substituents is 1. The lowest BCUT2D eigenvalue weighted by atomic mass is 10.1. The highest BCUT2D eigenvalue weighted by atomic mass is 16.3. The van der Waals surface area contributed by atoms with E-state index < -0.39 is 0 Å². The zero-order valence-electron chi connectivity index (χ0n) is 6.66. The van der Waals surface area contributed by atoms with Gasteiger partial charge in [-0.05, 0) is 12.1 Å². The van der Waals surface area contributed by atoms with E-state index in [9.17, 15) is 4.79 Å². The van der Waals surface area contributed by atoms with Gasteiger partial charge in [0.05, 0.1) is 11.3 Å². The van der Waals surface area contributed by atoms with Crippen LogP contribution in [-0.4, -0.2) is 18.1 Å². The summed E-state index contributed by atoms with van der Waals surface area (Å²) in [5, 5.41) is 11.6. The first-order valence-corrected chi connectivity index (χ1v) is 3.46. The van der Waals surface area contributed by atoms with Crippen molar-refractivity contribution in [2.75, 3.05) is 12.8 Å². The average molecular weight is 166 g/mol. The maximum atomic E-state index is 11.1. The summed E-state index contributed by atoms with van der Waals surface area (Å²) in [7, 11) is 1.51. The summed E-state index contributed by atoms with van der Waals surface area (Å²) in [6.45, 7) is 0. The van der Waals surface area contributed by atoms with Crippen LogP contribution in [0.5, 0.6) is 5.75 Å². The van der Waals surface area contributed by atoms with Crippen LogP contribution in [0.3, 0.4) is 0 Å². The number of benzene rings is 1. The van der Waals surface area contributed by atoms with Gasteiger partial charge < -0.3 is 16.2 Å². The third-order valence-corrected chi connectivity index (χ3v) is 1.55. The molecule has 0 fully saturated rings. The molecule has 0 heterocycles. The number of hydrogen-bond acceptors (Lipinski definition) is 3. The summed E-state index contributed by atoms with van der Waals surface area (Å²) in [5.74, 6) is -0.375. The number of nitrogens with one attached hydrogen (secondary N) is 1. The van der Waals surface area contributed by atoms with E-state index in [1.165, 1.54) is 13.1 Å². The van der Waals surface area contributed by atoms with Gasteiger partial charge in [0.2, 0.25) is 0 Å². The molecule has 4 N–H and O–H groups in total. The number of aromatic hydroxyl groups is 1. The molecule has 4 nitrogen and oxygen atoms in total. The fourth-order valence-corrected chi connectivity index (χ4v) is 0.886. The number of hydrogen-bond donors (Lipinski definition) is 3. The molecule has 0 spiro atoms. The molecule has 1 aromatic carbocycles. The number of carbonyl (C=O) groups is 1. The number of anilines is 1. The highest BCUT2D eigenvalue weighted by Gasteiger charge is 2.09. The number of phenols is 1. The smallest absolute Gasteiger partial charge is 0.253 e. The predicted molar refractivity (Wildman–Crippen MR) is 45.9 cm³/mol. The first-order valence-electron chi connectivity index (χ1n) is 3.46. The van der Waals surface area contributed by atoms with Crippen molar-refractivity contribution in [3.8, 4) is 5.75 Å². The quantitative estimate of drug-likeness (QED) is 0.416. The Morgan fingerprint density at radius 1 is 1.58 bits per heavy atom. The second-order valence-corrected chi connectivity index (χ2v) is 2.32. The topological polar surface area (TPSA) is 75.3 Å². The van der Waals surface area contributed by atoms with Crippen molar-refractivity contribution in [3.05, 3.63) is 23.8 Å². The number of carbonyl (C=O) groups excluding carboxylic acids is 1. The monoisotopic (exact) mass is 166 g/mol. The number of nitrogens with two attached hydrogens (primary N) is 1. The number of rotatable bonds is 1. The summed E-state index contributed by atoms with van der Waals surface area (Å²) in [5.41, 5.74) is 5.85. The first-order chi connectivity index (χ1) is 5.66. The van der Waals surface area contributed by atoms with Crippen LogP contribution in [0.25, 0.3) is 0 Å². The third-order valence-electron chi connectivity index (χ3n) is 1.55. The Bertz CT molecular complexity index is 310. The number of nitrogen functional groups attached to an aromatic ring is 1. The lowest BCUT2D eigenvalue weighted by Crippen LogP contribution is -2.19. The summed E-state index contributed by atoms with van der Waals surface area (Å²) in [6.07, 6.45) is 0. The molecule has 4 heteroatoms. The Hall–Kier alpha value is -1.71. The molecule has 0 atom stereocenters. The maximum Gasteiger partial charge on any atom is 0.253 e. The molecule has 0 saturated heterocycles. The molecule has 0 unspecified atom stereocenters. The van der Waals surface area contributed by atoms with E-state index in [0.29, 0.717) is 0 Å². The SMILES string of the molecule is CNC(=O)c1cccc(O)c1N. The van der Waals surface area contributed by atoms with Crippen LogP contribution in [0.2, 0.25) is 0 Å². The Morgan fingerprint density at radius 3 is 2.83 bits per heavy atom. The second-order valence-electron chi connectivity index (χ2n) is 2.32. The molecule has 0 aromatic heterocycles. The molecule has 0 radical (unpaired) electrons. The van der Waals surface area contributed by atoms with Crippen LogP contribution in [0, 0.1) is 0 Å². The van der Waals surface area contributed by atoms with E-state index in [1.807, 2.05) is 0 Å². The van der Waals surface area contributed by atoms with Crippen LogP contribution in [-0.2, 0) is 0 Å². The summed E-state index contributed by atoms with van der Waals surface area (Å²) in [4.78, 5) is 11.1. The molecule has 0 aliphatic carbocycles. The van der Waals surface area contributed by atoms with Crippen LogP contribution in [0.4, 0.5) is 5.69 Å². The number of amides is 1. The minimum Gasteiger partial charge on any atom is -0.506 e. The molecule has 64 valence electrons. The van der Waals surface area contributed by atoms with Gasteiger partial charge in [-0.3, -0.25) is 4.79 Å². The minimum atomic E-state index is -0.302. The van der Waals surface area contributed by atoms with Crippen LogP contribution >= 0.6 is 0 Å². The third kappa shape index (κ3) is 1.32. The molecular weight excluding hydrogens is 156 g/mol. The average Bonchev–Trinajstić information content (AvgIpc) is 2.08. The molecule has 0 saturated carbocycles. The van der Waals surface area contributed by atoms with E-state index >= 15 is 0 Å². The summed E-state index contributed by atoms with van der Waals surface area (Å²) in [6, 6.07) is 4.55. The van der Waals surface area contributed by atoms with Gasteiger partial charge in [-0.2, -0.15) is 0 Å². The summed E-state index contributed by atoms with van der Waals surface area (Å²) < 4.78 is 0. The highest BCUT2D eigenvalue weighted by Crippen LogP contribution is 2.22. The lowest BCUT2D eigenvalue weighted by Gasteiger charge is -2.04. The Kier molecular flexibility index (Phi) is 2.19. The van der Waals surface area contributed by atoms with Gasteiger partial charge in [0.15, 0.2) is 0 Å². The normalized spacial score (nSPS) is 9.42. The van der Waals surface area contributed by atoms with Gasteiger partial charge >= 0.3 is 0 Å². The Balaban J connectivity index is 3.16. The van der Waals surface area contributed by atoms with Crippen molar-refractivity contribution >= 4 is 11.6 Å². The summed E-state index contributed by atoms with van der Waals surface area (Å²) >= 11 is 0. The van der Waals surface area contributed by atoms with Crippen molar-refractivity contribution in [1.82, 2.24) is 5.32 Å². The zero-order chi connectivity index (χ0) is 9.14. The van der Waals surface area contributed by atoms with Crippen LogP contribution in [0.1, 0.15) is 10.4 Å². The van der Waals surface area contributed by atoms with Crippen molar-refractivity contribution in [2.24, 2.45) is 0 Å². The molecule has 0 aliphatic heterocycles. The standard InChI is InChI=1S/C8H10N2O2/c1-10-8(12)5-3-2-4-6(11)7(5)9/h2-4,11H,9H2,1H3,(H,10,12). The largest absolute Gasteiger partial charge is 0.506 e. The van der Waals surface area contributed by atoms with Gasteiger partial charge in [-0.15, -0.1) is 0 Å². The molecule has 1 aromatic rings. The predicted octanol–water partition coefficient (Wildman–Crippen LogP) is 0.334. The van der Waals surface area contributed by atoms with E-state index in [1.54, 1.807) is 12.1 Å². The second kappa shape index (κ2) is 3.13. The van der Waals surface area contributed by atoms with Gasteiger partial charge in [0.25, 0.3) is 5.91 Å². The highest BCUT2D eigenvalue weighted by molar-refractivity contribution is 6.00. The number of para-hydroxylation sites is 1. The van der Waals surface area contributed by atoms with E-state index in [4.69, 9.17) is 10.8 Å². The van der Waals surface area contributed by atoms with Gasteiger partial charge in [0, 0.05) is 7.05 Å². The van der Waals surface area contributed by atoms with Crippen molar-refractivity contribution in [3.63, 3.8) is 0 Å². The van der Waals surface area contributed by atoms with E-state index in [0.717, 1.165) is 0 Å². The van der Waals surface area contributed by atoms with E-state index in [2.05, 4.69) is 5.32 Å². The first kappa shape index (κ1) is 8.39. The van der Waals surface area contributed by atoms with Crippen molar-refractivity contribution in [1.29, 1.82) is 0 Å². The van der Waals surface area contributed by atoms with Gasteiger partial charge in [-0.25, -0.2) is 0 Å². The fourth-order valence-electron chi connectivity index (χ4n) is 0.886. The van der Waals surface area contributed by atoms with Gasteiger partial charge in [0.1, 0.15) is 5.75 Å². The van der Waals surface area contributed by atoms with E-state index in [-0.39, 0.29) is 22.9 Å². The molecular formula is C8H10N2O2. The molecule has 1 rings (SSSR count). The molecule has 1 amide bonds. The molecule has 0 bridgehead atoms. The van der Waals surface area contributed by atoms with Crippen LogP contribution < -0.4 is 11.1 Å².